The van der Waals surface area contributed by atoms with Gasteiger partial charge in [0.25, 0.3) is 0 Å². The van der Waals surface area contributed by atoms with Gasteiger partial charge in [0.05, 0.1) is 6.54 Å². The maximum absolute atomic E-state index is 14.0. The van der Waals surface area contributed by atoms with Crippen LogP contribution in [0, 0.1) is 0 Å². The van der Waals surface area contributed by atoms with Gasteiger partial charge in [0.1, 0.15) is 17.6 Å². The van der Waals surface area contributed by atoms with Crippen molar-refractivity contribution in [1.29, 1.82) is 0 Å². The number of nitrogens with zero attached hydrogens (tertiary/aromatic N) is 1. The third-order valence-electron chi connectivity index (χ3n) is 3.25. The summed E-state index contributed by atoms with van der Waals surface area (Å²) in [7, 11) is 0. The Morgan fingerprint density at radius 1 is 1.00 bits per heavy atom. The minimum Gasteiger partial charge on any atom is -0.444 e. The maximum Gasteiger partial charge on any atom is 0.460 e. The Morgan fingerprint density at radius 3 is 1.90 bits per heavy atom. The van der Waals surface area contributed by atoms with Gasteiger partial charge in [-0.25, -0.2) is 4.79 Å². The topological polar surface area (TPSA) is 38.8 Å². The third kappa shape index (κ3) is 5.35. The molecule has 0 aromatic carbocycles. The lowest BCUT2D eigenvalue weighted by Gasteiger charge is -2.35. The summed E-state index contributed by atoms with van der Waals surface area (Å²) in [6, 6.07) is 0. The van der Waals surface area contributed by atoms with Crippen molar-refractivity contribution in [2.75, 3.05) is 13.1 Å². The van der Waals surface area contributed by atoms with Crippen LogP contribution in [0.4, 0.5) is 53.1 Å². The van der Waals surface area contributed by atoms with E-state index in [0.29, 0.717) is 4.90 Å². The first-order valence-corrected chi connectivity index (χ1v) is 8.41. The normalized spacial score (nSPS) is 18.7. The van der Waals surface area contributed by atoms with Gasteiger partial charge in [-0.2, -0.15) is 48.3 Å². The molecule has 0 saturated carbocycles. The predicted molar refractivity (Wildman–Crippen MR) is 80.4 cm³/mol. The van der Waals surface area contributed by atoms with E-state index in [2.05, 4.69) is 4.18 Å². The molecule has 4 nitrogen and oxygen atoms in total. The first-order chi connectivity index (χ1) is 13.1. The van der Waals surface area contributed by atoms with Crippen molar-refractivity contribution in [3.8, 4) is 0 Å². The molecule has 30 heavy (non-hydrogen) atoms. The van der Waals surface area contributed by atoms with Gasteiger partial charge >= 0.3 is 35.3 Å². The Balaban J connectivity index is 2.97. The highest BCUT2D eigenvalue weighted by Gasteiger charge is 2.82. The van der Waals surface area contributed by atoms with Crippen molar-refractivity contribution in [2.24, 2.45) is 0 Å². The number of carbonyl (C=O) groups is 1. The summed E-state index contributed by atoms with van der Waals surface area (Å²) in [6.07, 6.45) is -8.01. The van der Waals surface area contributed by atoms with Crippen LogP contribution in [0.2, 0.25) is 0 Å². The quantitative estimate of drug-likeness (QED) is 0.362. The number of hydrogen-bond donors (Lipinski definition) is 0. The van der Waals surface area contributed by atoms with Crippen LogP contribution >= 0.6 is 12.0 Å². The number of rotatable bonds is 5. The van der Waals surface area contributed by atoms with Crippen molar-refractivity contribution >= 4 is 18.1 Å². The van der Waals surface area contributed by atoms with Crippen LogP contribution in [0.25, 0.3) is 0 Å². The number of carbonyl (C=O) groups excluding carboxylic acids is 1. The van der Waals surface area contributed by atoms with Gasteiger partial charge in [-0.3, -0.25) is 4.90 Å². The second kappa shape index (κ2) is 7.82. The zero-order chi connectivity index (χ0) is 24.0. The molecule has 0 fully saturated rings. The van der Waals surface area contributed by atoms with Crippen molar-refractivity contribution in [3.05, 3.63) is 11.8 Å². The van der Waals surface area contributed by atoms with Crippen LogP contribution in [-0.4, -0.2) is 58.9 Å². The Bertz CT molecular complexity index is 686. The zero-order valence-corrected chi connectivity index (χ0v) is 16.0. The fraction of sp³-hybridized carbons (Fsp3) is 0.786. The molecule has 0 radical (unpaired) electrons. The molecule has 0 bridgehead atoms. The van der Waals surface area contributed by atoms with Gasteiger partial charge in [0, 0.05) is 6.54 Å². The molecule has 0 aromatic rings. The molecule has 1 aliphatic heterocycles. The number of hydrogen-bond acceptors (Lipinski definition) is 4. The monoisotopic (exact) mass is 485 g/mol. The standard InChI is InChI=1S/C14H14F11NO3S/c1-9(2,3)28-8(27)26-5-4-7(10(15,16)6-26)29-30-14(24,25)12(19,20)11(17,18)13(21,22)23/h4H,5-6H2,1-3H3. The summed E-state index contributed by atoms with van der Waals surface area (Å²) in [5.41, 5.74) is -1.08. The smallest absolute Gasteiger partial charge is 0.444 e. The molecule has 0 spiro atoms. The molecule has 1 rings (SSSR count). The Labute approximate surface area is 166 Å². The summed E-state index contributed by atoms with van der Waals surface area (Å²) in [6.45, 7) is 1.98. The van der Waals surface area contributed by atoms with Crippen LogP contribution in [0.1, 0.15) is 20.8 Å². The summed E-state index contributed by atoms with van der Waals surface area (Å²) in [4.78, 5) is 12.1. The number of ether oxygens (including phenoxy) is 1. The molecule has 1 heterocycles. The molecule has 1 amide bonds. The van der Waals surface area contributed by atoms with E-state index in [9.17, 15) is 53.1 Å². The summed E-state index contributed by atoms with van der Waals surface area (Å²) in [5.74, 6) is -20.2. The van der Waals surface area contributed by atoms with Crippen molar-refractivity contribution < 1.29 is 62.0 Å². The number of amides is 1. The summed E-state index contributed by atoms with van der Waals surface area (Å²) >= 11 is -1.99. The second-order valence-electron chi connectivity index (χ2n) is 6.96. The fourth-order valence-electron chi connectivity index (χ4n) is 1.80. The lowest BCUT2D eigenvalue weighted by atomic mass is 10.1. The lowest BCUT2D eigenvalue weighted by Crippen LogP contribution is -2.59. The summed E-state index contributed by atoms with van der Waals surface area (Å²) in [5, 5.41) is -6.26. The van der Waals surface area contributed by atoms with Gasteiger partial charge in [-0.15, -0.1) is 0 Å². The van der Waals surface area contributed by atoms with E-state index in [1.54, 1.807) is 0 Å². The van der Waals surface area contributed by atoms with Crippen LogP contribution in [0.5, 0.6) is 0 Å². The van der Waals surface area contributed by atoms with Gasteiger partial charge < -0.3 is 8.92 Å². The molecular weight excluding hydrogens is 471 g/mol. The molecule has 0 aromatic heterocycles. The molecule has 176 valence electrons. The first-order valence-electron chi connectivity index (χ1n) is 7.67. The van der Waals surface area contributed by atoms with Crippen molar-refractivity contribution in [2.45, 2.75) is 55.6 Å². The summed E-state index contributed by atoms with van der Waals surface area (Å²) < 4.78 is 151. The molecule has 0 N–H and O–H groups in total. The molecule has 0 aliphatic carbocycles. The number of alkyl halides is 11. The van der Waals surface area contributed by atoms with E-state index in [1.807, 2.05) is 0 Å². The Kier molecular flexibility index (Phi) is 6.89. The molecule has 16 heteroatoms. The van der Waals surface area contributed by atoms with Crippen LogP contribution in [-0.2, 0) is 8.92 Å². The number of halogens is 11. The van der Waals surface area contributed by atoms with E-state index in [1.165, 1.54) is 20.8 Å². The van der Waals surface area contributed by atoms with E-state index < -0.39 is 71.8 Å². The van der Waals surface area contributed by atoms with Gasteiger partial charge in [-0.05, 0) is 26.8 Å². The van der Waals surface area contributed by atoms with Gasteiger partial charge in [0.2, 0.25) is 0 Å². The molecule has 0 unspecified atom stereocenters. The van der Waals surface area contributed by atoms with E-state index in [4.69, 9.17) is 4.74 Å². The van der Waals surface area contributed by atoms with Crippen molar-refractivity contribution in [1.82, 2.24) is 4.90 Å². The van der Waals surface area contributed by atoms with E-state index in [-0.39, 0.29) is 6.08 Å². The molecular formula is C14H14F11NO3S. The highest BCUT2D eigenvalue weighted by atomic mass is 32.2. The third-order valence-corrected chi connectivity index (χ3v) is 3.98. The largest absolute Gasteiger partial charge is 0.460 e. The minimum absolute atomic E-state index is 0.288. The lowest BCUT2D eigenvalue weighted by molar-refractivity contribution is -0.381. The van der Waals surface area contributed by atoms with Crippen molar-refractivity contribution in [3.63, 3.8) is 0 Å². The zero-order valence-electron chi connectivity index (χ0n) is 15.2. The van der Waals surface area contributed by atoms with Crippen LogP contribution in [0.3, 0.4) is 0 Å². The van der Waals surface area contributed by atoms with Crippen LogP contribution in [0.15, 0.2) is 11.8 Å². The fourth-order valence-corrected chi connectivity index (χ4v) is 2.41. The van der Waals surface area contributed by atoms with E-state index >= 15 is 0 Å². The van der Waals surface area contributed by atoms with Gasteiger partial charge in [0.15, 0.2) is 5.76 Å². The van der Waals surface area contributed by atoms with E-state index in [0.717, 1.165) is 0 Å². The SMILES string of the molecule is CC(C)(C)OC(=O)N1CC=C(OSC(F)(F)C(F)(F)C(F)(F)C(F)(F)F)C(F)(F)C1. The van der Waals surface area contributed by atoms with Crippen LogP contribution < -0.4 is 0 Å². The average molecular weight is 485 g/mol. The molecule has 1 aliphatic rings. The highest BCUT2D eigenvalue weighted by Crippen LogP contribution is 2.57. The van der Waals surface area contributed by atoms with Gasteiger partial charge in [-0.1, -0.05) is 0 Å². The minimum atomic E-state index is -7.18. The second-order valence-corrected chi connectivity index (χ2v) is 7.81. The molecule has 0 saturated heterocycles. The predicted octanol–water partition coefficient (Wildman–Crippen LogP) is 5.85. The first kappa shape index (κ1) is 26.4. The highest BCUT2D eigenvalue weighted by molar-refractivity contribution is 7.95. The molecule has 0 atom stereocenters. The Morgan fingerprint density at radius 2 is 1.50 bits per heavy atom. The average Bonchev–Trinajstić information content (AvgIpc) is 2.49. The Hall–Kier alpha value is -1.61. The maximum atomic E-state index is 14.0.